The molecule has 0 unspecified atom stereocenters. The van der Waals surface area contributed by atoms with Gasteiger partial charge in [0.25, 0.3) is 0 Å². The summed E-state index contributed by atoms with van der Waals surface area (Å²) in [5.41, 5.74) is 5.59. The Bertz CT molecular complexity index is 1760. The van der Waals surface area contributed by atoms with Crippen LogP contribution in [0.1, 0.15) is 51.6 Å². The van der Waals surface area contributed by atoms with Crippen molar-refractivity contribution in [2.24, 2.45) is 5.41 Å². The first kappa shape index (κ1) is 32.1. The maximum absolute atomic E-state index is 12.9. The molecule has 0 aliphatic heterocycles. The molecule has 0 atom stereocenters. The molecule has 0 amide bonds. The van der Waals surface area contributed by atoms with E-state index in [1.54, 1.807) is 13.3 Å². The van der Waals surface area contributed by atoms with Gasteiger partial charge in [0.15, 0.2) is 0 Å². The lowest BCUT2D eigenvalue weighted by Crippen LogP contribution is -2.29. The van der Waals surface area contributed by atoms with Crippen molar-refractivity contribution in [1.29, 1.82) is 0 Å². The zero-order chi connectivity index (χ0) is 32.2. The molecule has 0 aliphatic rings. The average molecular weight is 624 g/mol. The summed E-state index contributed by atoms with van der Waals surface area (Å²) in [5.74, 6) is 1.13. The van der Waals surface area contributed by atoms with Crippen LogP contribution in [0.3, 0.4) is 0 Å². The van der Waals surface area contributed by atoms with E-state index in [1.807, 2.05) is 68.2 Å². The Labute approximate surface area is 270 Å². The molecular formula is C37H41N3O4S. The van der Waals surface area contributed by atoms with Crippen LogP contribution in [0, 0.1) is 5.41 Å². The minimum atomic E-state index is -0.725. The van der Waals surface area contributed by atoms with Crippen LogP contribution in [-0.2, 0) is 29.1 Å². The van der Waals surface area contributed by atoms with Crippen molar-refractivity contribution < 1.29 is 19.0 Å². The van der Waals surface area contributed by atoms with E-state index in [2.05, 4.69) is 71.7 Å². The van der Waals surface area contributed by atoms with E-state index in [0.29, 0.717) is 25.5 Å². The number of carbonyl (C=O) groups is 1. The molecule has 5 rings (SSSR count). The van der Waals surface area contributed by atoms with Gasteiger partial charge in [0.1, 0.15) is 12.4 Å². The Balaban J connectivity index is 1.58. The molecule has 7 nitrogen and oxygen atoms in total. The van der Waals surface area contributed by atoms with Crippen molar-refractivity contribution >= 4 is 28.6 Å². The number of aromatic nitrogens is 3. The highest BCUT2D eigenvalue weighted by Gasteiger charge is 2.33. The second-order valence-electron chi connectivity index (χ2n) is 12.7. The normalized spacial score (nSPS) is 11.9. The molecule has 2 aromatic carbocycles. The number of ether oxygens (including phenoxy) is 3. The van der Waals surface area contributed by atoms with Crippen LogP contribution in [0.5, 0.6) is 11.6 Å². The van der Waals surface area contributed by atoms with Crippen LogP contribution in [-0.4, -0.2) is 39.5 Å². The van der Waals surface area contributed by atoms with Crippen LogP contribution >= 0.6 is 11.8 Å². The fourth-order valence-electron chi connectivity index (χ4n) is 5.29. The number of carbonyl (C=O) groups excluding carboxylic acids is 1. The Morgan fingerprint density at radius 2 is 1.64 bits per heavy atom. The number of pyridine rings is 2. The van der Waals surface area contributed by atoms with Crippen molar-refractivity contribution in [3.8, 4) is 22.8 Å². The van der Waals surface area contributed by atoms with Gasteiger partial charge >= 0.3 is 5.97 Å². The van der Waals surface area contributed by atoms with Crippen LogP contribution in [0.25, 0.3) is 22.0 Å². The van der Waals surface area contributed by atoms with Crippen LogP contribution in [0.15, 0.2) is 90.1 Å². The third kappa shape index (κ3) is 7.68. The van der Waals surface area contributed by atoms with E-state index in [9.17, 15) is 4.79 Å². The maximum atomic E-state index is 12.9. The minimum absolute atomic E-state index is 0.0673. The number of methoxy groups -OCH3 is 2. The molecule has 0 bridgehead atoms. The first-order valence-corrected chi connectivity index (χ1v) is 15.8. The van der Waals surface area contributed by atoms with Crippen LogP contribution < -0.4 is 9.47 Å². The van der Waals surface area contributed by atoms with Crippen LogP contribution in [0.4, 0.5) is 0 Å². The molecule has 5 aromatic rings. The topological polar surface area (TPSA) is 75.5 Å². The van der Waals surface area contributed by atoms with Gasteiger partial charge in [0.2, 0.25) is 5.88 Å². The lowest BCUT2D eigenvalue weighted by Gasteiger charge is -2.25. The smallest absolute Gasteiger partial charge is 0.311 e. The van der Waals surface area contributed by atoms with Crippen molar-refractivity contribution in [3.63, 3.8) is 0 Å². The summed E-state index contributed by atoms with van der Waals surface area (Å²) < 4.78 is 18.9. The molecule has 0 saturated carbocycles. The Morgan fingerprint density at radius 3 is 2.27 bits per heavy atom. The number of thioether (sulfide) groups is 1. The largest absolute Gasteiger partial charge is 0.487 e. The average Bonchev–Trinajstić information content (AvgIpc) is 3.29. The summed E-state index contributed by atoms with van der Waals surface area (Å²) in [6.45, 7) is 11.6. The molecule has 0 radical (unpaired) electrons. The molecule has 0 spiro atoms. The molecule has 8 heteroatoms. The van der Waals surface area contributed by atoms with Gasteiger partial charge in [0.05, 0.1) is 25.3 Å². The number of fused-ring (bicyclic) bond motifs is 1. The quantitative estimate of drug-likeness (QED) is 0.108. The predicted octanol–water partition coefficient (Wildman–Crippen LogP) is 8.37. The second kappa shape index (κ2) is 13.4. The molecule has 234 valence electrons. The first-order chi connectivity index (χ1) is 21.5. The third-order valence-corrected chi connectivity index (χ3v) is 8.81. The van der Waals surface area contributed by atoms with Gasteiger partial charge in [0, 0.05) is 63.2 Å². The molecule has 3 aromatic heterocycles. The van der Waals surface area contributed by atoms with E-state index in [1.165, 1.54) is 7.11 Å². The maximum Gasteiger partial charge on any atom is 0.311 e. The summed E-state index contributed by atoms with van der Waals surface area (Å²) >= 11 is 1.82. The SMILES string of the molecule is COC(=O)C(C)(C)Cc1c(SC(C)(C)C)c2cc(OCc3ccccn3)ccc2n1Cc1ccc(-c2ccc(OC)nc2)cc1. The molecule has 0 aliphatic carbocycles. The summed E-state index contributed by atoms with van der Waals surface area (Å²) in [4.78, 5) is 22.8. The van der Waals surface area contributed by atoms with E-state index >= 15 is 0 Å². The number of benzene rings is 2. The third-order valence-electron chi connectivity index (χ3n) is 7.53. The lowest BCUT2D eigenvalue weighted by atomic mass is 9.87. The molecular weight excluding hydrogens is 582 g/mol. The van der Waals surface area contributed by atoms with Gasteiger partial charge in [-0.1, -0.05) is 51.1 Å². The van der Waals surface area contributed by atoms with E-state index < -0.39 is 5.41 Å². The van der Waals surface area contributed by atoms with E-state index in [4.69, 9.17) is 14.2 Å². The summed E-state index contributed by atoms with van der Waals surface area (Å²) in [7, 11) is 3.07. The zero-order valence-corrected chi connectivity index (χ0v) is 27.9. The fourth-order valence-corrected chi connectivity index (χ4v) is 6.47. The van der Waals surface area contributed by atoms with Gasteiger partial charge in [-0.2, -0.15) is 0 Å². The highest BCUT2D eigenvalue weighted by molar-refractivity contribution is 8.00. The van der Waals surface area contributed by atoms with E-state index in [-0.39, 0.29) is 10.7 Å². The lowest BCUT2D eigenvalue weighted by molar-refractivity contribution is -0.150. The van der Waals surface area contributed by atoms with Gasteiger partial charge in [-0.25, -0.2) is 4.98 Å². The molecule has 0 fully saturated rings. The van der Waals surface area contributed by atoms with Gasteiger partial charge in [-0.3, -0.25) is 9.78 Å². The van der Waals surface area contributed by atoms with Crippen molar-refractivity contribution in [1.82, 2.24) is 14.5 Å². The molecule has 45 heavy (non-hydrogen) atoms. The Hall–Kier alpha value is -4.30. The van der Waals surface area contributed by atoms with Crippen molar-refractivity contribution in [2.45, 2.75) is 63.8 Å². The highest BCUT2D eigenvalue weighted by Crippen LogP contribution is 2.44. The minimum Gasteiger partial charge on any atom is -0.487 e. The predicted molar refractivity (Wildman–Crippen MR) is 181 cm³/mol. The second-order valence-corrected chi connectivity index (χ2v) is 14.5. The standard InChI is InChI=1S/C37H41N3O4S/c1-36(2,3)45-34-30-20-29(44-24-28-10-8-9-19-38-28)16-17-31(30)40(32(34)21-37(4,5)35(41)43-7)23-25-11-13-26(14-12-25)27-15-18-33(42-6)39-22-27/h8-20,22H,21,23-24H2,1-7H3. The van der Waals surface area contributed by atoms with Gasteiger partial charge < -0.3 is 18.8 Å². The number of hydrogen-bond acceptors (Lipinski definition) is 7. The number of hydrogen-bond donors (Lipinski definition) is 0. The van der Waals surface area contributed by atoms with E-state index in [0.717, 1.165) is 49.6 Å². The summed E-state index contributed by atoms with van der Waals surface area (Å²) in [5, 5.41) is 1.10. The molecule has 3 heterocycles. The number of rotatable bonds is 11. The molecule has 0 N–H and O–H groups in total. The van der Waals surface area contributed by atoms with Crippen LogP contribution in [0.2, 0.25) is 0 Å². The Morgan fingerprint density at radius 1 is 0.889 bits per heavy atom. The van der Waals surface area contributed by atoms with Gasteiger partial charge in [-0.15, -0.1) is 11.8 Å². The fraction of sp³-hybridized carbons (Fsp3) is 0.324. The summed E-state index contributed by atoms with van der Waals surface area (Å²) in [6.07, 6.45) is 4.12. The highest BCUT2D eigenvalue weighted by atomic mass is 32.2. The zero-order valence-electron chi connectivity index (χ0n) is 27.1. The number of esters is 1. The summed E-state index contributed by atoms with van der Waals surface area (Å²) in [6, 6.07) is 24.5. The van der Waals surface area contributed by atoms with Gasteiger partial charge in [-0.05, 0) is 61.4 Å². The monoisotopic (exact) mass is 623 g/mol. The molecule has 0 saturated heterocycles. The Kier molecular flexibility index (Phi) is 9.53. The number of nitrogens with zero attached hydrogens (tertiary/aromatic N) is 3. The van der Waals surface area contributed by atoms with Crippen molar-refractivity contribution in [3.05, 3.63) is 102 Å². The first-order valence-electron chi connectivity index (χ1n) is 15.0. The van der Waals surface area contributed by atoms with Crippen molar-refractivity contribution in [2.75, 3.05) is 14.2 Å².